The number of hydrogen-bond acceptors (Lipinski definition) is 8. The first-order valence-corrected chi connectivity index (χ1v) is 13.3. The number of aryl methyl sites for hydroxylation is 3. The Morgan fingerprint density at radius 2 is 1.44 bits per heavy atom. The van der Waals surface area contributed by atoms with Crippen LogP contribution in [0.4, 0.5) is 11.4 Å². The smallest absolute Gasteiger partial charge is 0.340 e. The average Bonchev–Trinajstić information content (AvgIpc) is 2.92. The summed E-state index contributed by atoms with van der Waals surface area (Å²) in [5.41, 5.74) is 2.86. The van der Waals surface area contributed by atoms with Gasteiger partial charge in [-0.05, 0) is 61.7 Å². The predicted molar refractivity (Wildman–Crippen MR) is 148 cm³/mol. The zero-order chi connectivity index (χ0) is 28.9. The molecular formula is C28H32N2O8S. The number of nitrogens with one attached hydrogen (secondary N) is 1. The molecule has 10 nitrogen and oxygen atoms in total. The summed E-state index contributed by atoms with van der Waals surface area (Å²) in [4.78, 5) is 25.8. The van der Waals surface area contributed by atoms with E-state index in [-0.39, 0.29) is 39.1 Å². The number of carbonyl (C=O) groups excluding carboxylic acids is 2. The molecule has 0 unspecified atom stereocenters. The van der Waals surface area contributed by atoms with Gasteiger partial charge in [0.2, 0.25) is 5.91 Å². The Balaban J connectivity index is 2.10. The van der Waals surface area contributed by atoms with E-state index >= 15 is 0 Å². The van der Waals surface area contributed by atoms with Crippen LogP contribution in [0.5, 0.6) is 17.2 Å². The number of hydrogen-bond donors (Lipinski definition) is 1. The van der Waals surface area contributed by atoms with Crippen molar-refractivity contribution in [1.29, 1.82) is 0 Å². The molecule has 0 heterocycles. The number of ether oxygens (including phenoxy) is 4. The third kappa shape index (κ3) is 6.26. The van der Waals surface area contributed by atoms with Crippen LogP contribution < -0.4 is 23.8 Å². The van der Waals surface area contributed by atoms with Crippen LogP contribution >= 0.6 is 0 Å². The zero-order valence-corrected chi connectivity index (χ0v) is 23.8. The maximum Gasteiger partial charge on any atom is 0.340 e. The summed E-state index contributed by atoms with van der Waals surface area (Å²) in [5, 5.41) is 2.63. The minimum atomic E-state index is -4.28. The lowest BCUT2D eigenvalue weighted by Gasteiger charge is -2.26. The maximum atomic E-state index is 14.0. The standard InChI is InChI=1S/C28H32N2O8S/c1-17-8-11-23(35-4)26(12-17)39(33,34)30(20-10-9-18(2)19(3)13-20)16-27(31)29-22-15-25(37-6)24(36-5)14-21(22)28(32)38-7/h8-15H,16H2,1-7H3,(H,29,31). The second-order valence-corrected chi connectivity index (χ2v) is 10.6. The van der Waals surface area contributed by atoms with E-state index in [0.29, 0.717) is 5.56 Å². The van der Waals surface area contributed by atoms with Crippen molar-refractivity contribution in [2.45, 2.75) is 25.7 Å². The number of nitrogens with zero attached hydrogens (tertiary/aromatic N) is 1. The highest BCUT2D eigenvalue weighted by molar-refractivity contribution is 7.93. The molecule has 3 rings (SSSR count). The van der Waals surface area contributed by atoms with E-state index in [1.54, 1.807) is 37.3 Å². The molecule has 39 heavy (non-hydrogen) atoms. The lowest BCUT2D eigenvalue weighted by atomic mass is 10.1. The van der Waals surface area contributed by atoms with Crippen molar-refractivity contribution < 1.29 is 37.0 Å². The van der Waals surface area contributed by atoms with Gasteiger partial charge < -0.3 is 24.3 Å². The highest BCUT2D eigenvalue weighted by atomic mass is 32.2. The summed E-state index contributed by atoms with van der Waals surface area (Å²) >= 11 is 0. The van der Waals surface area contributed by atoms with Crippen LogP contribution in [-0.2, 0) is 19.6 Å². The van der Waals surface area contributed by atoms with Crippen LogP contribution in [0.2, 0.25) is 0 Å². The third-order valence-electron chi connectivity index (χ3n) is 6.16. The summed E-state index contributed by atoms with van der Waals surface area (Å²) in [6.07, 6.45) is 0. The van der Waals surface area contributed by atoms with Crippen molar-refractivity contribution in [2.75, 3.05) is 44.6 Å². The molecule has 0 radical (unpaired) electrons. The first kappa shape index (κ1) is 29.3. The molecule has 208 valence electrons. The van der Waals surface area contributed by atoms with E-state index in [9.17, 15) is 18.0 Å². The molecule has 3 aromatic carbocycles. The van der Waals surface area contributed by atoms with Crippen molar-refractivity contribution in [2.24, 2.45) is 0 Å². The van der Waals surface area contributed by atoms with Crippen LogP contribution in [0.15, 0.2) is 53.4 Å². The summed E-state index contributed by atoms with van der Waals surface area (Å²) < 4.78 is 49.8. The molecule has 0 saturated carbocycles. The Hall–Kier alpha value is -4.25. The van der Waals surface area contributed by atoms with Gasteiger partial charge in [-0.2, -0.15) is 0 Å². The van der Waals surface area contributed by atoms with Gasteiger partial charge in [0.05, 0.1) is 45.4 Å². The molecule has 1 amide bonds. The number of benzene rings is 3. The fraction of sp³-hybridized carbons (Fsp3) is 0.286. The zero-order valence-electron chi connectivity index (χ0n) is 22.9. The van der Waals surface area contributed by atoms with Gasteiger partial charge >= 0.3 is 5.97 Å². The molecule has 1 N–H and O–H groups in total. The van der Waals surface area contributed by atoms with E-state index < -0.39 is 28.4 Å². The van der Waals surface area contributed by atoms with Gasteiger partial charge in [-0.25, -0.2) is 13.2 Å². The fourth-order valence-electron chi connectivity index (χ4n) is 3.88. The SMILES string of the molecule is COC(=O)c1cc(OC)c(OC)cc1NC(=O)CN(c1ccc(C)c(C)c1)S(=O)(=O)c1cc(C)ccc1OC. The fourth-order valence-corrected chi connectivity index (χ4v) is 5.54. The molecule has 0 bridgehead atoms. The average molecular weight is 557 g/mol. The summed E-state index contributed by atoms with van der Waals surface area (Å²) in [6.45, 7) is 4.91. The molecule has 0 atom stereocenters. The second kappa shape index (κ2) is 12.1. The Morgan fingerprint density at radius 1 is 0.795 bits per heavy atom. The van der Waals surface area contributed by atoms with Gasteiger partial charge in [-0.3, -0.25) is 9.10 Å². The lowest BCUT2D eigenvalue weighted by Crippen LogP contribution is -2.38. The topological polar surface area (TPSA) is 120 Å². The monoisotopic (exact) mass is 556 g/mol. The minimum absolute atomic E-state index is 0.00411. The summed E-state index contributed by atoms with van der Waals surface area (Å²) in [6, 6.07) is 12.7. The number of sulfonamides is 1. The number of esters is 1. The minimum Gasteiger partial charge on any atom is -0.495 e. The first-order valence-electron chi connectivity index (χ1n) is 11.9. The highest BCUT2D eigenvalue weighted by Crippen LogP contribution is 2.35. The van der Waals surface area contributed by atoms with Crippen molar-refractivity contribution >= 4 is 33.3 Å². The molecule has 0 saturated heterocycles. The van der Waals surface area contributed by atoms with Crippen LogP contribution in [0.25, 0.3) is 0 Å². The van der Waals surface area contributed by atoms with Crippen molar-refractivity contribution in [3.05, 3.63) is 70.8 Å². The number of anilines is 2. The number of methoxy groups -OCH3 is 4. The third-order valence-corrected chi connectivity index (χ3v) is 7.95. The Morgan fingerprint density at radius 3 is 2.03 bits per heavy atom. The number of amides is 1. The predicted octanol–water partition coefficient (Wildman–Crippen LogP) is 4.26. The second-order valence-electron chi connectivity index (χ2n) is 8.73. The molecule has 0 fully saturated rings. The van der Waals surface area contributed by atoms with Gasteiger partial charge in [-0.1, -0.05) is 12.1 Å². The molecule has 0 aliphatic carbocycles. The van der Waals surface area contributed by atoms with E-state index in [4.69, 9.17) is 18.9 Å². The summed E-state index contributed by atoms with van der Waals surface area (Å²) in [5.74, 6) is -0.789. The van der Waals surface area contributed by atoms with Gasteiger partial charge in [-0.15, -0.1) is 0 Å². The first-order chi connectivity index (χ1) is 18.5. The quantitative estimate of drug-likeness (QED) is 0.368. The van der Waals surface area contributed by atoms with Gasteiger partial charge in [0.1, 0.15) is 17.2 Å². The maximum absolute atomic E-state index is 14.0. The lowest BCUT2D eigenvalue weighted by molar-refractivity contribution is -0.114. The molecule has 0 aromatic heterocycles. The van der Waals surface area contributed by atoms with Crippen LogP contribution in [0, 0.1) is 20.8 Å². The molecule has 3 aromatic rings. The van der Waals surface area contributed by atoms with Gasteiger partial charge in [0, 0.05) is 12.1 Å². The van der Waals surface area contributed by atoms with Crippen LogP contribution in [0.1, 0.15) is 27.0 Å². The van der Waals surface area contributed by atoms with Crippen molar-refractivity contribution in [1.82, 2.24) is 0 Å². The molecule has 11 heteroatoms. The van der Waals surface area contributed by atoms with Crippen LogP contribution in [-0.4, -0.2) is 55.3 Å². The number of rotatable bonds is 10. The van der Waals surface area contributed by atoms with Gasteiger partial charge in [0.15, 0.2) is 11.5 Å². The highest BCUT2D eigenvalue weighted by Gasteiger charge is 2.31. The number of carbonyl (C=O) groups is 2. The molecular weight excluding hydrogens is 524 g/mol. The van der Waals surface area contributed by atoms with Gasteiger partial charge in [0.25, 0.3) is 10.0 Å². The van der Waals surface area contributed by atoms with Crippen molar-refractivity contribution in [3.8, 4) is 17.2 Å². The van der Waals surface area contributed by atoms with Crippen LogP contribution in [0.3, 0.4) is 0 Å². The van der Waals surface area contributed by atoms with Crippen molar-refractivity contribution in [3.63, 3.8) is 0 Å². The van der Waals surface area contributed by atoms with E-state index in [0.717, 1.165) is 15.4 Å². The Bertz CT molecular complexity index is 1500. The molecule has 0 aliphatic heterocycles. The normalized spacial score (nSPS) is 10.9. The Kier molecular flexibility index (Phi) is 9.08. The summed E-state index contributed by atoms with van der Waals surface area (Å²) in [7, 11) is 1.11. The molecule has 0 aliphatic rings. The Labute approximate surface area is 228 Å². The van der Waals surface area contributed by atoms with E-state index in [1.165, 1.54) is 46.6 Å². The van der Waals surface area contributed by atoms with E-state index in [1.807, 2.05) is 13.8 Å². The molecule has 0 spiro atoms. The largest absolute Gasteiger partial charge is 0.495 e. The van der Waals surface area contributed by atoms with E-state index in [2.05, 4.69) is 5.32 Å².